The van der Waals surface area contributed by atoms with Crippen LogP contribution in [0.1, 0.15) is 32.5 Å². The molecule has 182 valence electrons. The summed E-state index contributed by atoms with van der Waals surface area (Å²) in [7, 11) is 5.97. The lowest BCUT2D eigenvalue weighted by Crippen LogP contribution is -2.30. The van der Waals surface area contributed by atoms with Crippen LogP contribution in [0, 0.1) is 5.92 Å². The van der Waals surface area contributed by atoms with E-state index in [-0.39, 0.29) is 23.3 Å². The number of rotatable bonds is 4. The number of nitrogens with two attached hydrogens (primary N) is 1. The number of imidazole rings is 1. The van der Waals surface area contributed by atoms with Gasteiger partial charge in [-0.25, -0.2) is 15.0 Å². The van der Waals surface area contributed by atoms with E-state index in [9.17, 15) is 0 Å². The molecule has 0 fully saturated rings. The average molecular weight is 472 g/mol. The van der Waals surface area contributed by atoms with Crippen LogP contribution >= 0.6 is 0 Å². The summed E-state index contributed by atoms with van der Waals surface area (Å²) in [4.78, 5) is 18.1. The van der Waals surface area contributed by atoms with Crippen molar-refractivity contribution >= 4 is 17.0 Å². The van der Waals surface area contributed by atoms with Crippen molar-refractivity contribution in [1.29, 1.82) is 0 Å². The molecule has 2 N–H and O–H groups in total. The zero-order chi connectivity index (χ0) is 24.9. The molecule has 0 radical (unpaired) electrons. The Bertz CT molecular complexity index is 1340. The number of hydrogen-bond acceptors (Lipinski definition) is 7. The molecular formula is C27H33N7O. The Morgan fingerprint density at radius 1 is 1.06 bits per heavy atom. The molecule has 0 amide bonds. The second-order valence-electron chi connectivity index (χ2n) is 10.3. The molecule has 1 aliphatic heterocycles. The summed E-state index contributed by atoms with van der Waals surface area (Å²) in [5.74, 6) is 2.30. The Balaban J connectivity index is 1.68. The summed E-state index contributed by atoms with van der Waals surface area (Å²) in [5, 5.41) is 0. The van der Waals surface area contributed by atoms with Crippen molar-refractivity contribution in [2.45, 2.75) is 32.2 Å². The standard InChI is InChI=1S/C27H33N7O/c1-27(2,3)34-23-10-7-17(18-13-29-26(28)30-14-18)11-22(23)31-25(34)21-12-19(35-6)8-9-20(21)24-15-32(4)16-33(24)5/h7-15,20-21H,16H2,1-6H3,(H2,28,29,30). The predicted octanol–water partition coefficient (Wildman–Crippen LogP) is 4.31. The van der Waals surface area contributed by atoms with E-state index in [1.807, 2.05) is 0 Å². The van der Waals surface area contributed by atoms with Crippen LogP contribution in [-0.4, -0.2) is 57.2 Å². The van der Waals surface area contributed by atoms with Crippen LogP contribution in [0.4, 0.5) is 5.95 Å². The van der Waals surface area contributed by atoms with Gasteiger partial charge < -0.3 is 24.8 Å². The molecule has 2 aliphatic rings. The largest absolute Gasteiger partial charge is 0.497 e. The molecule has 2 unspecified atom stereocenters. The van der Waals surface area contributed by atoms with Gasteiger partial charge in [0.15, 0.2) is 0 Å². The number of nitrogen functional groups attached to an aromatic ring is 1. The number of hydrogen-bond donors (Lipinski definition) is 1. The zero-order valence-corrected chi connectivity index (χ0v) is 21.2. The summed E-state index contributed by atoms with van der Waals surface area (Å²) >= 11 is 0. The lowest BCUT2D eigenvalue weighted by molar-refractivity contribution is 0.288. The van der Waals surface area contributed by atoms with Gasteiger partial charge in [0.1, 0.15) is 11.6 Å². The van der Waals surface area contributed by atoms with Crippen molar-refractivity contribution in [2.24, 2.45) is 5.92 Å². The lowest BCUT2D eigenvalue weighted by atomic mass is 9.84. The third-order valence-electron chi connectivity index (χ3n) is 6.66. The minimum absolute atomic E-state index is 0.0186. The highest BCUT2D eigenvalue weighted by Gasteiger charge is 2.36. The van der Waals surface area contributed by atoms with Crippen LogP contribution in [0.25, 0.3) is 22.2 Å². The first-order valence-corrected chi connectivity index (χ1v) is 11.8. The van der Waals surface area contributed by atoms with Gasteiger partial charge in [-0.05, 0) is 50.6 Å². The molecule has 35 heavy (non-hydrogen) atoms. The summed E-state index contributed by atoms with van der Waals surface area (Å²) in [6.45, 7) is 7.55. The molecule has 0 saturated heterocycles. The van der Waals surface area contributed by atoms with Crippen molar-refractivity contribution in [3.63, 3.8) is 0 Å². The quantitative estimate of drug-likeness (QED) is 0.607. The van der Waals surface area contributed by atoms with E-state index in [0.29, 0.717) is 0 Å². The molecule has 2 aromatic heterocycles. The van der Waals surface area contributed by atoms with Crippen LogP contribution < -0.4 is 5.73 Å². The number of nitrogens with zero attached hydrogens (tertiary/aromatic N) is 6. The molecule has 0 saturated carbocycles. The molecular weight excluding hydrogens is 438 g/mol. The van der Waals surface area contributed by atoms with Crippen molar-refractivity contribution in [3.05, 3.63) is 72.3 Å². The van der Waals surface area contributed by atoms with Crippen LogP contribution in [0.3, 0.4) is 0 Å². The van der Waals surface area contributed by atoms with E-state index in [1.165, 1.54) is 5.70 Å². The Hall–Kier alpha value is -3.81. The number of methoxy groups -OCH3 is 1. The van der Waals surface area contributed by atoms with Crippen molar-refractivity contribution in [3.8, 4) is 11.1 Å². The van der Waals surface area contributed by atoms with Gasteiger partial charge in [0.2, 0.25) is 5.95 Å². The zero-order valence-electron chi connectivity index (χ0n) is 21.2. The summed E-state index contributed by atoms with van der Waals surface area (Å²) < 4.78 is 8.02. The van der Waals surface area contributed by atoms with Crippen molar-refractivity contribution in [1.82, 2.24) is 29.3 Å². The second kappa shape index (κ2) is 8.45. The van der Waals surface area contributed by atoms with Crippen LogP contribution in [0.5, 0.6) is 0 Å². The minimum atomic E-state index is -0.171. The van der Waals surface area contributed by atoms with Gasteiger partial charge >= 0.3 is 0 Å². The maximum absolute atomic E-state index is 5.68. The highest BCUT2D eigenvalue weighted by Crippen LogP contribution is 2.42. The highest BCUT2D eigenvalue weighted by molar-refractivity contribution is 5.83. The molecule has 0 spiro atoms. The number of anilines is 1. The molecule has 1 aromatic carbocycles. The van der Waals surface area contributed by atoms with Gasteiger partial charge in [0, 0.05) is 55.4 Å². The Morgan fingerprint density at radius 3 is 2.43 bits per heavy atom. The van der Waals surface area contributed by atoms with Crippen LogP contribution in [0.15, 0.2) is 66.5 Å². The molecule has 8 nitrogen and oxygen atoms in total. The van der Waals surface area contributed by atoms with Gasteiger partial charge in [-0.1, -0.05) is 12.1 Å². The summed E-state index contributed by atoms with van der Waals surface area (Å²) in [6.07, 6.45) is 12.2. The molecule has 0 bridgehead atoms. The fourth-order valence-electron chi connectivity index (χ4n) is 5.12. The number of fused-ring (bicyclic) bond motifs is 1. The first kappa shape index (κ1) is 23.0. The van der Waals surface area contributed by atoms with Crippen molar-refractivity contribution < 1.29 is 4.74 Å². The Labute approximate surface area is 206 Å². The first-order valence-electron chi connectivity index (χ1n) is 11.8. The van der Waals surface area contributed by atoms with Gasteiger partial charge in [0.25, 0.3) is 0 Å². The van der Waals surface area contributed by atoms with E-state index in [4.69, 9.17) is 15.5 Å². The number of ether oxygens (including phenoxy) is 1. The van der Waals surface area contributed by atoms with Gasteiger partial charge in [0.05, 0.1) is 30.7 Å². The predicted molar refractivity (Wildman–Crippen MR) is 139 cm³/mol. The lowest BCUT2D eigenvalue weighted by Gasteiger charge is -2.33. The fourth-order valence-corrected chi connectivity index (χ4v) is 5.12. The number of aromatic nitrogens is 4. The molecule has 2 atom stereocenters. The smallest absolute Gasteiger partial charge is 0.219 e. The van der Waals surface area contributed by atoms with Gasteiger partial charge in [-0.2, -0.15) is 0 Å². The SMILES string of the molecule is COC1=CC(c2nc3cc(-c4cnc(N)nc4)ccc3n2C(C)(C)C)C(C2=CN(C)CN2C)C=C1. The molecule has 3 aromatic rings. The van der Waals surface area contributed by atoms with E-state index < -0.39 is 0 Å². The Morgan fingerprint density at radius 2 is 1.80 bits per heavy atom. The molecule has 3 heterocycles. The molecule has 5 rings (SSSR count). The van der Waals surface area contributed by atoms with E-state index in [2.05, 4.69) is 102 Å². The summed E-state index contributed by atoms with van der Waals surface area (Å²) in [6, 6.07) is 6.35. The number of benzene rings is 1. The van der Waals surface area contributed by atoms with Crippen molar-refractivity contribution in [2.75, 3.05) is 33.6 Å². The molecule has 8 heteroatoms. The monoisotopic (exact) mass is 471 g/mol. The van der Waals surface area contributed by atoms with Gasteiger partial charge in [-0.15, -0.1) is 0 Å². The maximum atomic E-state index is 5.68. The maximum Gasteiger partial charge on any atom is 0.219 e. The van der Waals surface area contributed by atoms with E-state index in [1.54, 1.807) is 19.5 Å². The second-order valence-corrected chi connectivity index (χ2v) is 10.3. The van der Waals surface area contributed by atoms with Crippen LogP contribution in [-0.2, 0) is 10.3 Å². The number of allylic oxidation sites excluding steroid dienone is 3. The third-order valence-corrected chi connectivity index (χ3v) is 6.66. The van der Waals surface area contributed by atoms with Gasteiger partial charge in [-0.3, -0.25) is 0 Å². The average Bonchev–Trinajstić information content (AvgIpc) is 3.37. The minimum Gasteiger partial charge on any atom is -0.497 e. The van der Waals surface area contributed by atoms with E-state index >= 15 is 0 Å². The molecule has 1 aliphatic carbocycles. The topological polar surface area (TPSA) is 85.3 Å². The Kier molecular flexibility index (Phi) is 5.54. The van der Waals surface area contributed by atoms with Crippen LogP contribution in [0.2, 0.25) is 0 Å². The third kappa shape index (κ3) is 4.13. The van der Waals surface area contributed by atoms with E-state index in [0.717, 1.165) is 40.4 Å². The highest BCUT2D eigenvalue weighted by atomic mass is 16.5. The summed E-state index contributed by atoms with van der Waals surface area (Å²) in [5.41, 5.74) is 10.7. The normalized spacial score (nSPS) is 20.4. The first-order chi connectivity index (χ1) is 16.7. The fraction of sp³-hybridized carbons (Fsp3) is 0.370.